The maximum atomic E-state index is 14.0. The number of aryl methyl sites for hydroxylation is 2. The molecular weight excluding hydrogens is 312 g/mol. The van der Waals surface area contributed by atoms with E-state index in [-0.39, 0.29) is 5.69 Å². The molecule has 0 amide bonds. The first kappa shape index (κ1) is 14.6. The van der Waals surface area contributed by atoms with Crippen LogP contribution in [0.25, 0.3) is 17.2 Å². The van der Waals surface area contributed by atoms with Gasteiger partial charge < -0.3 is 0 Å². The molecule has 8 heteroatoms. The molecule has 3 rings (SSSR count). The zero-order chi connectivity index (χ0) is 16.0. The summed E-state index contributed by atoms with van der Waals surface area (Å²) in [6, 6.07) is 3.25. The number of benzene rings is 1. The second-order valence-electron chi connectivity index (χ2n) is 4.86. The maximum absolute atomic E-state index is 14.0. The van der Waals surface area contributed by atoms with Gasteiger partial charge in [0, 0.05) is 13.1 Å². The van der Waals surface area contributed by atoms with Gasteiger partial charge in [-0.05, 0) is 26.0 Å². The van der Waals surface area contributed by atoms with Gasteiger partial charge in [0.25, 0.3) is 0 Å². The Kier molecular flexibility index (Phi) is 3.44. The van der Waals surface area contributed by atoms with Gasteiger partial charge in [0.2, 0.25) is 0 Å². The average molecular weight is 324 g/mol. The molecule has 114 valence electrons. The van der Waals surface area contributed by atoms with Crippen LogP contribution in [0.4, 0.5) is 8.78 Å². The molecule has 5 nitrogen and oxygen atoms in total. The molecule has 0 atom stereocenters. The fourth-order valence-electron chi connectivity index (χ4n) is 2.11. The first-order chi connectivity index (χ1) is 10.4. The summed E-state index contributed by atoms with van der Waals surface area (Å²) in [5, 5.41) is 8.87. The highest BCUT2D eigenvalue weighted by atomic mass is 35.5. The van der Waals surface area contributed by atoms with Crippen molar-refractivity contribution >= 4 is 11.6 Å². The molecule has 0 N–H and O–H groups in total. The number of hydrogen-bond acceptors (Lipinski definition) is 3. The largest absolute Gasteiger partial charge is 0.271 e. The maximum Gasteiger partial charge on any atom is 0.185 e. The van der Waals surface area contributed by atoms with Crippen LogP contribution in [0, 0.1) is 25.5 Å². The van der Waals surface area contributed by atoms with E-state index in [1.165, 1.54) is 10.7 Å². The highest BCUT2D eigenvalue weighted by Crippen LogP contribution is 2.30. The van der Waals surface area contributed by atoms with E-state index in [9.17, 15) is 8.78 Å². The molecule has 22 heavy (non-hydrogen) atoms. The van der Waals surface area contributed by atoms with Crippen LogP contribution in [-0.4, -0.2) is 24.5 Å². The Morgan fingerprint density at radius 1 is 1.14 bits per heavy atom. The third-order valence-electron chi connectivity index (χ3n) is 3.32. The summed E-state index contributed by atoms with van der Waals surface area (Å²) in [6.07, 6.45) is 0. The van der Waals surface area contributed by atoms with Gasteiger partial charge in [-0.2, -0.15) is 10.2 Å². The van der Waals surface area contributed by atoms with E-state index >= 15 is 0 Å². The SMILES string of the molecule is Cc1nc(-c2nn(C)c(C)c2Cl)n(-c2ccc(F)cc2F)n1. The van der Waals surface area contributed by atoms with Crippen molar-refractivity contribution in [1.29, 1.82) is 0 Å². The molecule has 0 fully saturated rings. The molecule has 0 unspecified atom stereocenters. The first-order valence-electron chi connectivity index (χ1n) is 6.47. The zero-order valence-corrected chi connectivity index (χ0v) is 12.9. The lowest BCUT2D eigenvalue weighted by molar-refractivity contribution is 0.573. The minimum Gasteiger partial charge on any atom is -0.271 e. The zero-order valence-electron chi connectivity index (χ0n) is 12.1. The molecule has 0 saturated heterocycles. The lowest BCUT2D eigenvalue weighted by atomic mass is 10.3. The quantitative estimate of drug-likeness (QED) is 0.727. The summed E-state index contributed by atoms with van der Waals surface area (Å²) in [4.78, 5) is 4.27. The minimum absolute atomic E-state index is 0.0800. The molecule has 0 aliphatic heterocycles. The summed E-state index contributed by atoms with van der Waals surface area (Å²) in [6.45, 7) is 3.48. The molecule has 0 radical (unpaired) electrons. The van der Waals surface area contributed by atoms with Crippen molar-refractivity contribution in [2.45, 2.75) is 13.8 Å². The van der Waals surface area contributed by atoms with Gasteiger partial charge >= 0.3 is 0 Å². The van der Waals surface area contributed by atoms with E-state index < -0.39 is 11.6 Å². The van der Waals surface area contributed by atoms with E-state index in [1.54, 1.807) is 18.7 Å². The van der Waals surface area contributed by atoms with Crippen LogP contribution in [0.5, 0.6) is 0 Å². The number of rotatable bonds is 2. The number of aromatic nitrogens is 5. The number of nitrogens with zero attached hydrogens (tertiary/aromatic N) is 5. The molecule has 2 aromatic heterocycles. The molecule has 1 aromatic carbocycles. The monoisotopic (exact) mass is 323 g/mol. The van der Waals surface area contributed by atoms with Gasteiger partial charge in [-0.15, -0.1) is 0 Å². The fraction of sp³-hybridized carbons (Fsp3) is 0.214. The number of hydrogen-bond donors (Lipinski definition) is 0. The van der Waals surface area contributed by atoms with Crippen molar-refractivity contribution in [1.82, 2.24) is 24.5 Å². The van der Waals surface area contributed by atoms with Crippen LogP contribution >= 0.6 is 11.6 Å². The van der Waals surface area contributed by atoms with Crippen molar-refractivity contribution in [3.05, 3.63) is 46.4 Å². The van der Waals surface area contributed by atoms with Gasteiger partial charge in [-0.3, -0.25) is 4.68 Å². The topological polar surface area (TPSA) is 48.5 Å². The summed E-state index contributed by atoms with van der Waals surface area (Å²) >= 11 is 6.26. The van der Waals surface area contributed by atoms with Gasteiger partial charge in [0.15, 0.2) is 11.6 Å². The van der Waals surface area contributed by atoms with Gasteiger partial charge in [0.1, 0.15) is 23.0 Å². The molecule has 2 heterocycles. The van der Waals surface area contributed by atoms with Gasteiger partial charge in [-0.25, -0.2) is 18.4 Å². The summed E-state index contributed by atoms with van der Waals surface area (Å²) in [7, 11) is 1.75. The van der Waals surface area contributed by atoms with Crippen molar-refractivity contribution in [2.24, 2.45) is 7.05 Å². The Bertz CT molecular complexity index is 868. The Morgan fingerprint density at radius 2 is 1.86 bits per heavy atom. The molecule has 0 aliphatic rings. The highest BCUT2D eigenvalue weighted by Gasteiger charge is 2.21. The predicted molar refractivity (Wildman–Crippen MR) is 78.0 cm³/mol. The summed E-state index contributed by atoms with van der Waals surface area (Å²) in [5.74, 6) is -0.670. The Hall–Kier alpha value is -2.28. The van der Waals surface area contributed by atoms with E-state index in [2.05, 4.69) is 15.2 Å². The van der Waals surface area contributed by atoms with Crippen molar-refractivity contribution in [3.63, 3.8) is 0 Å². The predicted octanol–water partition coefficient (Wildman–Crippen LogP) is 3.22. The molecule has 0 saturated carbocycles. The molecular formula is C14H12ClF2N5. The van der Waals surface area contributed by atoms with Crippen LogP contribution < -0.4 is 0 Å². The van der Waals surface area contributed by atoms with E-state index in [1.807, 2.05) is 6.92 Å². The standard InChI is InChI=1S/C14H12ClF2N5/c1-7-12(15)13(20-21(7)3)14-18-8(2)19-22(14)11-5-4-9(16)6-10(11)17/h4-6H,1-3H3. The highest BCUT2D eigenvalue weighted by molar-refractivity contribution is 6.33. The fourth-order valence-corrected chi connectivity index (χ4v) is 2.36. The molecule has 0 bridgehead atoms. The Balaban J connectivity index is 2.24. The van der Waals surface area contributed by atoms with Crippen molar-refractivity contribution in [2.75, 3.05) is 0 Å². The first-order valence-corrected chi connectivity index (χ1v) is 6.85. The van der Waals surface area contributed by atoms with Crippen LogP contribution in [0.2, 0.25) is 5.02 Å². The van der Waals surface area contributed by atoms with Crippen LogP contribution in [0.3, 0.4) is 0 Å². The molecule has 0 aliphatic carbocycles. The van der Waals surface area contributed by atoms with Crippen molar-refractivity contribution in [3.8, 4) is 17.2 Å². The Labute approximate surface area is 130 Å². The average Bonchev–Trinajstić information content (AvgIpc) is 2.94. The normalized spacial score (nSPS) is 11.2. The number of halogens is 3. The third-order valence-corrected chi connectivity index (χ3v) is 3.78. The van der Waals surface area contributed by atoms with Gasteiger partial charge in [0.05, 0.1) is 10.7 Å². The lowest BCUT2D eigenvalue weighted by Gasteiger charge is -2.06. The summed E-state index contributed by atoms with van der Waals surface area (Å²) in [5.41, 5.74) is 1.23. The van der Waals surface area contributed by atoms with E-state index in [0.717, 1.165) is 17.8 Å². The minimum atomic E-state index is -0.741. The van der Waals surface area contributed by atoms with Crippen molar-refractivity contribution < 1.29 is 8.78 Å². The van der Waals surface area contributed by atoms with Crippen LogP contribution in [0.15, 0.2) is 18.2 Å². The molecule has 3 aromatic rings. The smallest absolute Gasteiger partial charge is 0.185 e. The second-order valence-corrected chi connectivity index (χ2v) is 5.24. The second kappa shape index (κ2) is 5.17. The lowest BCUT2D eigenvalue weighted by Crippen LogP contribution is -2.04. The molecule has 0 spiro atoms. The van der Waals surface area contributed by atoms with Crippen LogP contribution in [0.1, 0.15) is 11.5 Å². The third kappa shape index (κ3) is 2.27. The Morgan fingerprint density at radius 3 is 2.45 bits per heavy atom. The van der Waals surface area contributed by atoms with E-state index in [0.29, 0.717) is 22.4 Å². The van der Waals surface area contributed by atoms with Gasteiger partial charge in [-0.1, -0.05) is 11.6 Å². The van der Waals surface area contributed by atoms with E-state index in [4.69, 9.17) is 11.6 Å². The van der Waals surface area contributed by atoms with Crippen LogP contribution in [-0.2, 0) is 7.05 Å². The summed E-state index contributed by atoms with van der Waals surface area (Å²) < 4.78 is 30.0.